The lowest BCUT2D eigenvalue weighted by Gasteiger charge is -2.17. The average Bonchev–Trinajstić information content (AvgIpc) is 3.28. The summed E-state index contributed by atoms with van der Waals surface area (Å²) >= 11 is 0. The molecule has 0 aliphatic carbocycles. The van der Waals surface area contributed by atoms with Gasteiger partial charge in [0.15, 0.2) is 0 Å². The Morgan fingerprint density at radius 3 is 2.59 bits per heavy atom. The average molecular weight is 433 g/mol. The van der Waals surface area contributed by atoms with Gasteiger partial charge in [-0.15, -0.1) is 12.4 Å². The van der Waals surface area contributed by atoms with Crippen molar-refractivity contribution in [1.29, 1.82) is 0 Å². The SMILES string of the molecule is Cl.Cn1cc([C@H]2CNC[C@@H]2C(=O)NCc2ccc(COCC(F)(F)F)cc2)cn1. The fourth-order valence-corrected chi connectivity index (χ4v) is 3.29. The van der Waals surface area contributed by atoms with Crippen molar-refractivity contribution in [3.8, 4) is 0 Å². The highest BCUT2D eigenvalue weighted by atomic mass is 35.5. The molecule has 1 aliphatic rings. The molecule has 0 radical (unpaired) electrons. The molecule has 0 saturated carbocycles. The van der Waals surface area contributed by atoms with Gasteiger partial charge in [-0.3, -0.25) is 9.48 Å². The van der Waals surface area contributed by atoms with Crippen LogP contribution in [0.15, 0.2) is 36.7 Å². The number of alkyl halides is 3. The molecule has 29 heavy (non-hydrogen) atoms. The predicted octanol–water partition coefficient (Wildman–Crippen LogP) is 2.54. The van der Waals surface area contributed by atoms with Crippen molar-refractivity contribution >= 4 is 18.3 Å². The number of nitrogens with zero attached hydrogens (tertiary/aromatic N) is 2. The van der Waals surface area contributed by atoms with E-state index in [1.165, 1.54) is 0 Å². The molecule has 1 aromatic heterocycles. The molecule has 0 spiro atoms. The standard InChI is InChI=1S/C19H23F3N4O2.ClH/c1-26-10-15(7-25-26)16-8-23-9-17(16)18(27)24-6-13-2-4-14(5-3-13)11-28-12-19(20,21)22;/h2-5,7,10,16-17,23H,6,8-9,11-12H2,1H3,(H,24,27);1H/t16-,17+;/m1./s1. The number of rotatable bonds is 7. The van der Waals surface area contributed by atoms with Gasteiger partial charge < -0.3 is 15.4 Å². The van der Waals surface area contributed by atoms with Crippen LogP contribution in [0.4, 0.5) is 13.2 Å². The Balaban J connectivity index is 0.00000300. The number of carbonyl (C=O) groups is 1. The highest BCUT2D eigenvalue weighted by Gasteiger charge is 2.34. The third kappa shape index (κ3) is 6.73. The van der Waals surface area contributed by atoms with Crippen molar-refractivity contribution in [3.63, 3.8) is 0 Å². The zero-order valence-electron chi connectivity index (χ0n) is 15.9. The Bertz CT molecular complexity index is 795. The van der Waals surface area contributed by atoms with Gasteiger partial charge in [0.05, 0.1) is 18.7 Å². The number of hydrogen-bond acceptors (Lipinski definition) is 4. The lowest BCUT2D eigenvalue weighted by molar-refractivity contribution is -0.176. The summed E-state index contributed by atoms with van der Waals surface area (Å²) in [5.41, 5.74) is 2.56. The van der Waals surface area contributed by atoms with Gasteiger partial charge in [-0.2, -0.15) is 18.3 Å². The highest BCUT2D eigenvalue weighted by molar-refractivity contribution is 5.85. The quantitative estimate of drug-likeness (QED) is 0.705. The lowest BCUT2D eigenvalue weighted by atomic mass is 9.90. The van der Waals surface area contributed by atoms with Crippen LogP contribution in [0.5, 0.6) is 0 Å². The fraction of sp³-hybridized carbons (Fsp3) is 0.474. The van der Waals surface area contributed by atoms with E-state index in [-0.39, 0.29) is 36.8 Å². The Morgan fingerprint density at radius 2 is 1.97 bits per heavy atom. The van der Waals surface area contributed by atoms with Crippen LogP contribution in [0.1, 0.15) is 22.6 Å². The summed E-state index contributed by atoms with van der Waals surface area (Å²) in [7, 11) is 1.85. The number of aryl methyl sites for hydroxylation is 1. The summed E-state index contributed by atoms with van der Waals surface area (Å²) in [6, 6.07) is 6.96. The molecule has 3 rings (SSSR count). The molecule has 1 amide bonds. The highest BCUT2D eigenvalue weighted by Crippen LogP contribution is 2.28. The van der Waals surface area contributed by atoms with E-state index in [1.807, 2.05) is 13.2 Å². The third-order valence-corrected chi connectivity index (χ3v) is 4.73. The molecule has 2 atom stereocenters. The van der Waals surface area contributed by atoms with E-state index >= 15 is 0 Å². The second-order valence-electron chi connectivity index (χ2n) is 6.96. The van der Waals surface area contributed by atoms with Gasteiger partial charge in [0.1, 0.15) is 6.61 Å². The van der Waals surface area contributed by atoms with Gasteiger partial charge in [0, 0.05) is 38.8 Å². The first-order chi connectivity index (χ1) is 13.3. The van der Waals surface area contributed by atoms with Crippen LogP contribution < -0.4 is 10.6 Å². The monoisotopic (exact) mass is 432 g/mol. The summed E-state index contributed by atoms with van der Waals surface area (Å²) in [6.07, 6.45) is -0.609. The molecule has 1 fully saturated rings. The van der Waals surface area contributed by atoms with Crippen LogP contribution in [-0.2, 0) is 29.7 Å². The number of hydrogen-bond donors (Lipinski definition) is 2. The second kappa shape index (κ2) is 10.1. The number of aromatic nitrogens is 2. The minimum absolute atomic E-state index is 0. The normalized spacial score (nSPS) is 19.0. The van der Waals surface area contributed by atoms with E-state index in [4.69, 9.17) is 0 Å². The first kappa shape index (κ1) is 23.2. The Kier molecular flexibility index (Phi) is 8.06. The third-order valence-electron chi connectivity index (χ3n) is 4.73. The molecule has 2 heterocycles. The van der Waals surface area contributed by atoms with Crippen LogP contribution in [0, 0.1) is 5.92 Å². The topological polar surface area (TPSA) is 68.2 Å². The zero-order chi connectivity index (χ0) is 20.1. The number of amides is 1. The number of nitrogens with one attached hydrogen (secondary N) is 2. The van der Waals surface area contributed by atoms with E-state index in [9.17, 15) is 18.0 Å². The number of ether oxygens (including phenoxy) is 1. The summed E-state index contributed by atoms with van der Waals surface area (Å²) in [4.78, 5) is 12.6. The molecule has 160 valence electrons. The van der Waals surface area contributed by atoms with E-state index < -0.39 is 12.8 Å². The molecular formula is C19H24ClF3N4O2. The van der Waals surface area contributed by atoms with Crippen molar-refractivity contribution in [2.45, 2.75) is 25.2 Å². The van der Waals surface area contributed by atoms with Gasteiger partial charge in [-0.25, -0.2) is 0 Å². The maximum absolute atomic E-state index is 12.6. The first-order valence-corrected chi connectivity index (χ1v) is 9.01. The van der Waals surface area contributed by atoms with Crippen LogP contribution >= 0.6 is 12.4 Å². The molecule has 1 aromatic carbocycles. The van der Waals surface area contributed by atoms with Gasteiger partial charge in [0.2, 0.25) is 5.91 Å². The lowest BCUT2D eigenvalue weighted by Crippen LogP contribution is -2.33. The molecule has 1 saturated heterocycles. The maximum Gasteiger partial charge on any atom is 0.411 e. The first-order valence-electron chi connectivity index (χ1n) is 9.01. The zero-order valence-corrected chi connectivity index (χ0v) is 16.7. The number of halogens is 4. The van der Waals surface area contributed by atoms with Crippen LogP contribution in [0.25, 0.3) is 0 Å². The van der Waals surface area contributed by atoms with Crippen molar-refractivity contribution in [3.05, 3.63) is 53.3 Å². The smallest absolute Gasteiger partial charge is 0.367 e. The summed E-state index contributed by atoms with van der Waals surface area (Å²) in [6.45, 7) is 0.334. The predicted molar refractivity (Wildman–Crippen MR) is 104 cm³/mol. The van der Waals surface area contributed by atoms with Gasteiger partial charge >= 0.3 is 6.18 Å². The van der Waals surface area contributed by atoms with Crippen LogP contribution in [0.3, 0.4) is 0 Å². The number of benzene rings is 1. The molecule has 2 aromatic rings. The van der Waals surface area contributed by atoms with E-state index in [2.05, 4.69) is 20.5 Å². The fourth-order valence-electron chi connectivity index (χ4n) is 3.29. The van der Waals surface area contributed by atoms with Gasteiger partial charge in [-0.1, -0.05) is 24.3 Å². The minimum Gasteiger partial charge on any atom is -0.367 e. The molecule has 1 aliphatic heterocycles. The van der Waals surface area contributed by atoms with Crippen LogP contribution in [-0.4, -0.2) is 41.6 Å². The van der Waals surface area contributed by atoms with Crippen molar-refractivity contribution in [2.75, 3.05) is 19.7 Å². The molecule has 6 nitrogen and oxygen atoms in total. The van der Waals surface area contributed by atoms with Gasteiger partial charge in [-0.05, 0) is 16.7 Å². The van der Waals surface area contributed by atoms with Crippen LogP contribution in [0.2, 0.25) is 0 Å². The summed E-state index contributed by atoms with van der Waals surface area (Å²) in [5, 5.41) is 10.4. The van der Waals surface area contributed by atoms with E-state index in [0.717, 1.165) is 17.7 Å². The summed E-state index contributed by atoms with van der Waals surface area (Å²) in [5.74, 6) is -0.113. The summed E-state index contributed by atoms with van der Waals surface area (Å²) < 4.78 is 42.6. The Morgan fingerprint density at radius 1 is 1.28 bits per heavy atom. The number of carbonyl (C=O) groups excluding carboxylic acids is 1. The molecule has 0 unspecified atom stereocenters. The molecule has 2 N–H and O–H groups in total. The van der Waals surface area contributed by atoms with E-state index in [1.54, 1.807) is 35.1 Å². The Hall–Kier alpha value is -2.10. The molecule has 0 bridgehead atoms. The second-order valence-corrected chi connectivity index (χ2v) is 6.96. The maximum atomic E-state index is 12.6. The van der Waals surface area contributed by atoms with Crippen molar-refractivity contribution in [2.24, 2.45) is 13.0 Å². The molecule has 10 heteroatoms. The molecular weight excluding hydrogens is 409 g/mol. The van der Waals surface area contributed by atoms with E-state index in [0.29, 0.717) is 18.7 Å². The largest absolute Gasteiger partial charge is 0.411 e. The Labute approximate surface area is 173 Å². The van der Waals surface area contributed by atoms with Crippen molar-refractivity contribution in [1.82, 2.24) is 20.4 Å². The minimum atomic E-state index is -4.33. The van der Waals surface area contributed by atoms with Gasteiger partial charge in [0.25, 0.3) is 0 Å². The van der Waals surface area contributed by atoms with Crippen molar-refractivity contribution < 1.29 is 22.7 Å².